The summed E-state index contributed by atoms with van der Waals surface area (Å²) in [5, 5.41) is 19.2. The molecule has 0 spiro atoms. The van der Waals surface area contributed by atoms with Crippen molar-refractivity contribution < 1.29 is 29.2 Å². The van der Waals surface area contributed by atoms with Crippen molar-refractivity contribution in [2.75, 3.05) is 20.8 Å². The molecule has 1 aliphatic heterocycles. The third-order valence-corrected chi connectivity index (χ3v) is 3.63. The maximum absolute atomic E-state index is 12.0. The van der Waals surface area contributed by atoms with E-state index >= 15 is 0 Å². The van der Waals surface area contributed by atoms with Crippen LogP contribution in [0, 0.1) is 0 Å². The van der Waals surface area contributed by atoms with Gasteiger partial charge in [-0.2, -0.15) is 0 Å². The van der Waals surface area contributed by atoms with E-state index in [9.17, 15) is 24.6 Å². The van der Waals surface area contributed by atoms with Gasteiger partial charge >= 0.3 is 11.7 Å². The molecule has 24 heavy (non-hydrogen) atoms. The molecule has 0 aromatic carbocycles. The van der Waals surface area contributed by atoms with Crippen molar-refractivity contribution in [2.45, 2.75) is 24.5 Å². The van der Waals surface area contributed by atoms with E-state index in [4.69, 9.17) is 9.47 Å². The molecule has 0 aliphatic carbocycles. The molecule has 3 N–H and O–H groups in total. The molecule has 0 radical (unpaired) electrons. The summed E-state index contributed by atoms with van der Waals surface area (Å²) in [6, 6.07) is 0. The molecule has 10 nitrogen and oxygen atoms in total. The van der Waals surface area contributed by atoms with Crippen molar-refractivity contribution in [1.29, 1.82) is 0 Å². The molecule has 1 aromatic rings. The molecule has 4 atom stereocenters. The van der Waals surface area contributed by atoms with Gasteiger partial charge in [0.25, 0.3) is 5.56 Å². The van der Waals surface area contributed by atoms with Crippen molar-refractivity contribution in [1.82, 2.24) is 9.55 Å². The maximum Gasteiger partial charge on any atom is 0.330 e. The largest absolute Gasteiger partial charge is 0.466 e. The number of hydrogen-bond acceptors (Lipinski definition) is 8. The number of aromatic amines is 1. The number of aliphatic hydroxyl groups is 2. The summed E-state index contributed by atoms with van der Waals surface area (Å²) in [5.74, 6) is -0.671. The smallest absolute Gasteiger partial charge is 0.330 e. The number of rotatable bonds is 5. The van der Waals surface area contributed by atoms with Crippen molar-refractivity contribution in [3.63, 3.8) is 0 Å². The Bertz CT molecular complexity index is 737. The van der Waals surface area contributed by atoms with Crippen LogP contribution in [0.2, 0.25) is 0 Å². The molecule has 2 heterocycles. The summed E-state index contributed by atoms with van der Waals surface area (Å²) in [4.78, 5) is 37.1. The van der Waals surface area contributed by atoms with E-state index in [2.05, 4.69) is 9.72 Å². The monoisotopic (exact) mass is 342 g/mol. The highest BCUT2D eigenvalue weighted by Crippen LogP contribution is 2.30. The Hall–Kier alpha value is -2.27. The first-order valence-electron chi connectivity index (χ1n) is 7.01. The summed E-state index contributed by atoms with van der Waals surface area (Å²) in [6.07, 6.45) is -0.708. The van der Waals surface area contributed by atoms with E-state index in [0.29, 0.717) is 0 Å². The van der Waals surface area contributed by atoms with E-state index in [-0.39, 0.29) is 5.56 Å². The summed E-state index contributed by atoms with van der Waals surface area (Å²) in [5.41, 5.74) is -1.49. The van der Waals surface area contributed by atoms with Crippen LogP contribution in [0.1, 0.15) is 11.8 Å². The van der Waals surface area contributed by atoms with Crippen molar-refractivity contribution in [3.8, 4) is 0 Å². The first-order valence-corrected chi connectivity index (χ1v) is 7.01. The van der Waals surface area contributed by atoms with Gasteiger partial charge in [0.05, 0.1) is 19.3 Å². The third kappa shape index (κ3) is 3.46. The molecule has 1 aromatic heterocycles. The highest BCUT2D eigenvalue weighted by Gasteiger charge is 2.45. The molecule has 1 fully saturated rings. The Kier molecular flexibility index (Phi) is 5.67. The summed E-state index contributed by atoms with van der Waals surface area (Å²) in [7, 11) is 2.50. The number of aromatic nitrogens is 2. The number of carbonyl (C=O) groups excluding carboxylic acids is 1. The molecule has 0 bridgehead atoms. The van der Waals surface area contributed by atoms with E-state index in [0.717, 1.165) is 10.6 Å². The van der Waals surface area contributed by atoms with Crippen molar-refractivity contribution >= 4 is 12.0 Å². The second-order valence-electron chi connectivity index (χ2n) is 5.05. The molecule has 2 rings (SSSR count). The third-order valence-electron chi connectivity index (χ3n) is 3.63. The van der Waals surface area contributed by atoms with Gasteiger partial charge in [-0.25, -0.2) is 9.59 Å². The Labute approximate surface area is 135 Å². The predicted octanol–water partition coefficient (Wildman–Crippen LogP) is -2.01. The van der Waals surface area contributed by atoms with Crippen LogP contribution in [-0.2, 0) is 19.0 Å². The van der Waals surface area contributed by atoms with Gasteiger partial charge in [0.2, 0.25) is 0 Å². The number of esters is 1. The fourth-order valence-electron chi connectivity index (χ4n) is 2.38. The lowest BCUT2D eigenvalue weighted by Crippen LogP contribution is -2.39. The highest BCUT2D eigenvalue weighted by molar-refractivity contribution is 5.86. The number of ether oxygens (including phenoxy) is 3. The van der Waals surface area contributed by atoms with Gasteiger partial charge in [-0.15, -0.1) is 0 Å². The molecule has 10 heteroatoms. The summed E-state index contributed by atoms with van der Waals surface area (Å²) >= 11 is 0. The number of methoxy groups -OCH3 is 2. The zero-order valence-electron chi connectivity index (χ0n) is 13.0. The predicted molar refractivity (Wildman–Crippen MR) is 80.2 cm³/mol. The normalized spacial score (nSPS) is 26.8. The molecule has 0 amide bonds. The van der Waals surface area contributed by atoms with E-state index in [1.54, 1.807) is 0 Å². The lowest BCUT2D eigenvalue weighted by atomic mass is 10.1. The van der Waals surface area contributed by atoms with E-state index in [1.165, 1.54) is 26.5 Å². The van der Waals surface area contributed by atoms with Crippen molar-refractivity contribution in [3.05, 3.63) is 38.7 Å². The SMILES string of the molecule is COC(=O)/C=C/c1cn([C@@H]2O[C@H](CO)[C@@H](O)[C@H]2OC)c(=O)[nH]c1=O. The van der Waals surface area contributed by atoms with Gasteiger partial charge < -0.3 is 24.4 Å². The van der Waals surface area contributed by atoms with Crippen LogP contribution in [0.5, 0.6) is 0 Å². The van der Waals surface area contributed by atoms with Gasteiger partial charge in [0, 0.05) is 19.4 Å². The molecule has 1 aliphatic rings. The first-order chi connectivity index (χ1) is 11.4. The Morgan fingerprint density at radius 2 is 2.17 bits per heavy atom. The molecule has 0 unspecified atom stereocenters. The van der Waals surface area contributed by atoms with Crippen molar-refractivity contribution in [2.24, 2.45) is 0 Å². The van der Waals surface area contributed by atoms with Crippen LogP contribution in [-0.4, -0.2) is 64.9 Å². The second kappa shape index (κ2) is 7.53. The topological polar surface area (TPSA) is 140 Å². The van der Waals surface area contributed by atoms with E-state index in [1.807, 2.05) is 0 Å². The minimum Gasteiger partial charge on any atom is -0.466 e. The van der Waals surface area contributed by atoms with Gasteiger partial charge in [-0.1, -0.05) is 0 Å². The zero-order valence-corrected chi connectivity index (χ0v) is 13.0. The van der Waals surface area contributed by atoms with E-state index < -0.39 is 48.4 Å². The van der Waals surface area contributed by atoms with Gasteiger partial charge in [0.1, 0.15) is 18.3 Å². The maximum atomic E-state index is 12.0. The first kappa shape index (κ1) is 18.1. The minimum atomic E-state index is -1.15. The van der Waals surface area contributed by atoms with Gasteiger partial charge in [-0.3, -0.25) is 14.3 Å². The fourth-order valence-corrected chi connectivity index (χ4v) is 2.38. The van der Waals surface area contributed by atoms with Crippen LogP contribution >= 0.6 is 0 Å². The van der Waals surface area contributed by atoms with Crippen LogP contribution in [0.25, 0.3) is 6.08 Å². The van der Waals surface area contributed by atoms with Crippen LogP contribution in [0.4, 0.5) is 0 Å². The number of nitrogens with one attached hydrogen (secondary N) is 1. The average Bonchev–Trinajstić information content (AvgIpc) is 2.89. The molecule has 0 saturated carbocycles. The quantitative estimate of drug-likeness (QED) is 0.412. The zero-order chi connectivity index (χ0) is 17.9. The highest BCUT2D eigenvalue weighted by atomic mass is 16.6. The van der Waals surface area contributed by atoms with Gasteiger partial charge in [-0.05, 0) is 6.08 Å². The number of carbonyl (C=O) groups is 1. The summed E-state index contributed by atoms with van der Waals surface area (Å²) in [6.45, 7) is -0.468. The minimum absolute atomic E-state index is 0.000362. The van der Waals surface area contributed by atoms with Crippen LogP contribution in [0.15, 0.2) is 21.9 Å². The second-order valence-corrected chi connectivity index (χ2v) is 5.05. The Balaban J connectivity index is 2.43. The number of hydrogen-bond donors (Lipinski definition) is 3. The number of H-pyrrole nitrogens is 1. The van der Waals surface area contributed by atoms with Gasteiger partial charge in [0.15, 0.2) is 6.23 Å². The molecular formula is C14H18N2O8. The Morgan fingerprint density at radius 1 is 1.46 bits per heavy atom. The average molecular weight is 342 g/mol. The Morgan fingerprint density at radius 3 is 2.75 bits per heavy atom. The standard InChI is InChI=1S/C14H18N2O8/c1-22-9(18)4-3-7-5-16(14(21)15-12(7)20)13-11(23-2)10(19)8(6-17)24-13/h3-5,8,10-11,13,17,19H,6H2,1-2H3,(H,15,20,21)/b4-3+/t8-,10-,11-,13-/m1/s1. The fraction of sp³-hybridized carbons (Fsp3) is 0.500. The lowest BCUT2D eigenvalue weighted by Gasteiger charge is -2.20. The lowest BCUT2D eigenvalue weighted by molar-refractivity contribution is -0.134. The summed E-state index contributed by atoms with van der Waals surface area (Å²) < 4.78 is 16.0. The molecular weight excluding hydrogens is 324 g/mol. The van der Waals surface area contributed by atoms with Crippen LogP contribution in [0.3, 0.4) is 0 Å². The number of nitrogens with zero attached hydrogens (tertiary/aromatic N) is 1. The number of aliphatic hydroxyl groups excluding tert-OH is 2. The molecule has 1 saturated heterocycles. The van der Waals surface area contributed by atoms with Crippen LogP contribution < -0.4 is 11.2 Å². The molecule has 132 valence electrons.